The fraction of sp³-hybridized carbons (Fsp3) is 0.231. The Hall–Kier alpha value is -1.62. The van der Waals surface area contributed by atoms with Crippen LogP contribution in [0.4, 0.5) is 4.79 Å². The Morgan fingerprint density at radius 1 is 1.39 bits per heavy atom. The number of nitrogens with zero attached hydrogens (tertiary/aromatic N) is 3. The highest BCUT2D eigenvalue weighted by Crippen LogP contribution is 2.12. The molecule has 0 radical (unpaired) electrons. The lowest BCUT2D eigenvalue weighted by Gasteiger charge is -2.13. The van der Waals surface area contributed by atoms with E-state index in [0.717, 1.165) is 10.0 Å². The smallest absolute Gasteiger partial charge is 0.303 e. The van der Waals surface area contributed by atoms with E-state index in [4.69, 9.17) is 0 Å². The average Bonchev–Trinajstić information content (AvgIpc) is 2.78. The minimum atomic E-state index is -0.0430. The van der Waals surface area contributed by atoms with Gasteiger partial charge in [-0.05, 0) is 17.7 Å². The van der Waals surface area contributed by atoms with Crippen molar-refractivity contribution in [3.63, 3.8) is 0 Å². The van der Waals surface area contributed by atoms with Crippen LogP contribution in [-0.4, -0.2) is 22.5 Å². The van der Waals surface area contributed by atoms with E-state index >= 15 is 0 Å². The number of hydrogen-bond donors (Lipinski definition) is 0. The first-order valence-electron chi connectivity index (χ1n) is 5.59. The summed E-state index contributed by atoms with van der Waals surface area (Å²) in [4.78, 5) is 13.8. The summed E-state index contributed by atoms with van der Waals surface area (Å²) in [5, 5.41) is 0. The Bertz CT molecular complexity index is 548. The number of hydrogen-bond acceptors (Lipinski definition) is 1. The van der Waals surface area contributed by atoms with Crippen molar-refractivity contribution in [1.29, 1.82) is 0 Å². The van der Waals surface area contributed by atoms with Gasteiger partial charge in [0.1, 0.15) is 12.4 Å². The second-order valence-corrected chi connectivity index (χ2v) is 5.17. The first-order valence-corrected chi connectivity index (χ1v) is 6.39. The molecule has 1 aromatic heterocycles. The van der Waals surface area contributed by atoms with Crippen molar-refractivity contribution >= 4 is 22.0 Å². The highest BCUT2D eigenvalue weighted by atomic mass is 79.9. The number of aromatic nitrogens is 2. The molecule has 0 aliphatic heterocycles. The molecule has 2 aromatic rings. The van der Waals surface area contributed by atoms with E-state index in [2.05, 4.69) is 15.9 Å². The molecule has 1 amide bonds. The van der Waals surface area contributed by atoms with Crippen molar-refractivity contribution in [1.82, 2.24) is 9.47 Å². The maximum atomic E-state index is 12.1. The summed E-state index contributed by atoms with van der Waals surface area (Å²) in [5.74, 6) is 0. The third-order valence-corrected chi connectivity index (χ3v) is 3.18. The minimum absolute atomic E-state index is 0.0430. The monoisotopic (exact) mass is 308 g/mol. The van der Waals surface area contributed by atoms with E-state index in [1.165, 1.54) is 0 Å². The number of rotatable bonds is 2. The normalized spacial score (nSPS) is 10.4. The van der Waals surface area contributed by atoms with Gasteiger partial charge in [-0.3, -0.25) is 0 Å². The molecule has 0 saturated heterocycles. The first kappa shape index (κ1) is 12.8. The van der Waals surface area contributed by atoms with Crippen molar-refractivity contribution in [3.8, 4) is 0 Å². The predicted octanol–water partition coefficient (Wildman–Crippen LogP) is 2.18. The molecule has 4 nitrogen and oxygen atoms in total. The summed E-state index contributed by atoms with van der Waals surface area (Å²) in [6, 6.07) is 7.91. The fourth-order valence-corrected chi connectivity index (χ4v) is 1.96. The summed E-state index contributed by atoms with van der Waals surface area (Å²) in [5.41, 5.74) is 1.10. The van der Waals surface area contributed by atoms with Gasteiger partial charge in [-0.2, -0.15) is 4.57 Å². The Morgan fingerprint density at radius 3 is 2.61 bits per heavy atom. The van der Waals surface area contributed by atoms with Gasteiger partial charge in [0.15, 0.2) is 0 Å². The zero-order valence-electron chi connectivity index (χ0n) is 10.4. The number of amides is 1. The van der Waals surface area contributed by atoms with Gasteiger partial charge in [-0.25, -0.2) is 9.36 Å². The van der Waals surface area contributed by atoms with Gasteiger partial charge in [0.25, 0.3) is 6.33 Å². The van der Waals surface area contributed by atoms with E-state index in [-0.39, 0.29) is 6.03 Å². The number of carbonyl (C=O) groups excluding carboxylic acids is 1. The Kier molecular flexibility index (Phi) is 3.81. The molecule has 0 spiro atoms. The van der Waals surface area contributed by atoms with Gasteiger partial charge >= 0.3 is 6.03 Å². The largest absolute Gasteiger partial charge is 0.415 e. The minimum Gasteiger partial charge on any atom is -0.303 e. The number of benzene rings is 1. The van der Waals surface area contributed by atoms with E-state index in [9.17, 15) is 4.79 Å². The van der Waals surface area contributed by atoms with Crippen LogP contribution < -0.4 is 4.57 Å². The zero-order chi connectivity index (χ0) is 13.1. The molecule has 0 bridgehead atoms. The molecule has 0 atom stereocenters. The molecule has 0 saturated carbocycles. The van der Waals surface area contributed by atoms with E-state index in [1.54, 1.807) is 29.0 Å². The number of aryl methyl sites for hydroxylation is 1. The second-order valence-electron chi connectivity index (χ2n) is 4.25. The SMILES string of the molecule is CN(Cc1ccc(Br)cc1)C(=O)n1cc[n+](C)c1. The van der Waals surface area contributed by atoms with Crippen LogP contribution in [0, 0.1) is 0 Å². The molecule has 1 aromatic carbocycles. The molecule has 0 unspecified atom stereocenters. The van der Waals surface area contributed by atoms with E-state index in [1.807, 2.05) is 42.1 Å². The zero-order valence-corrected chi connectivity index (χ0v) is 12.0. The highest BCUT2D eigenvalue weighted by molar-refractivity contribution is 9.10. The molecule has 18 heavy (non-hydrogen) atoms. The third kappa shape index (κ3) is 2.98. The second kappa shape index (κ2) is 5.35. The van der Waals surface area contributed by atoms with Gasteiger partial charge in [0.2, 0.25) is 0 Å². The topological polar surface area (TPSA) is 29.1 Å². The van der Waals surface area contributed by atoms with Crippen LogP contribution in [0.15, 0.2) is 47.5 Å². The fourth-order valence-electron chi connectivity index (χ4n) is 1.69. The summed E-state index contributed by atoms with van der Waals surface area (Å²) in [6.07, 6.45) is 5.34. The van der Waals surface area contributed by atoms with Crippen molar-refractivity contribution in [3.05, 3.63) is 53.0 Å². The molecule has 0 fully saturated rings. The van der Waals surface area contributed by atoms with Gasteiger partial charge in [-0.1, -0.05) is 28.1 Å². The first-order chi connectivity index (χ1) is 8.56. The van der Waals surface area contributed by atoms with Crippen LogP contribution >= 0.6 is 15.9 Å². The molecular formula is C13H15BrN3O+. The van der Waals surface area contributed by atoms with Gasteiger partial charge < -0.3 is 4.90 Å². The Labute approximate surface area is 115 Å². The van der Waals surface area contributed by atoms with Crippen molar-refractivity contribution < 1.29 is 9.36 Å². The average molecular weight is 309 g/mol. The lowest BCUT2D eigenvalue weighted by atomic mass is 10.2. The highest BCUT2D eigenvalue weighted by Gasteiger charge is 2.16. The van der Waals surface area contributed by atoms with Crippen LogP contribution in [0.3, 0.4) is 0 Å². The number of imidazole rings is 1. The van der Waals surface area contributed by atoms with E-state index in [0.29, 0.717) is 6.54 Å². The molecule has 94 valence electrons. The van der Waals surface area contributed by atoms with E-state index < -0.39 is 0 Å². The van der Waals surface area contributed by atoms with Crippen LogP contribution in [0.1, 0.15) is 5.56 Å². The maximum Gasteiger partial charge on any atom is 0.415 e. The molecule has 0 aliphatic carbocycles. The van der Waals surface area contributed by atoms with Crippen molar-refractivity contribution in [2.45, 2.75) is 6.54 Å². The van der Waals surface area contributed by atoms with Crippen molar-refractivity contribution in [2.75, 3.05) is 7.05 Å². The van der Waals surface area contributed by atoms with Gasteiger partial charge in [-0.15, -0.1) is 0 Å². The Morgan fingerprint density at radius 2 is 2.06 bits per heavy atom. The third-order valence-electron chi connectivity index (χ3n) is 2.65. The van der Waals surface area contributed by atoms with Crippen LogP contribution in [0.2, 0.25) is 0 Å². The molecule has 1 heterocycles. The lowest BCUT2D eigenvalue weighted by molar-refractivity contribution is -0.670. The molecule has 0 aliphatic rings. The molecule has 2 rings (SSSR count). The quantitative estimate of drug-likeness (QED) is 0.782. The molecule has 0 N–H and O–H groups in total. The van der Waals surface area contributed by atoms with Crippen LogP contribution in [0.25, 0.3) is 0 Å². The van der Waals surface area contributed by atoms with Crippen LogP contribution in [0.5, 0.6) is 0 Å². The maximum absolute atomic E-state index is 12.1. The van der Waals surface area contributed by atoms with Gasteiger partial charge in [0.05, 0.1) is 7.05 Å². The summed E-state index contributed by atoms with van der Waals surface area (Å²) in [6.45, 7) is 0.591. The van der Waals surface area contributed by atoms with Crippen molar-refractivity contribution in [2.24, 2.45) is 7.05 Å². The lowest BCUT2D eigenvalue weighted by Crippen LogP contribution is -2.32. The number of halogens is 1. The standard InChI is InChI=1S/C13H15BrN3O/c1-15-7-8-17(10-15)13(18)16(2)9-11-3-5-12(14)6-4-11/h3-8,10H,9H2,1-2H3/q+1. The summed E-state index contributed by atoms with van der Waals surface area (Å²) < 4.78 is 4.45. The molecular weight excluding hydrogens is 294 g/mol. The summed E-state index contributed by atoms with van der Waals surface area (Å²) in [7, 11) is 3.68. The summed E-state index contributed by atoms with van der Waals surface area (Å²) >= 11 is 3.39. The van der Waals surface area contributed by atoms with Crippen LogP contribution in [-0.2, 0) is 13.6 Å². The van der Waals surface area contributed by atoms with Gasteiger partial charge in [0, 0.05) is 18.1 Å². The predicted molar refractivity (Wildman–Crippen MR) is 72.0 cm³/mol. The number of carbonyl (C=O) groups is 1. The molecule has 5 heteroatoms. The Balaban J connectivity index is 2.05.